The lowest BCUT2D eigenvalue weighted by Gasteiger charge is -2.20. The van der Waals surface area contributed by atoms with E-state index in [-0.39, 0.29) is 29.7 Å². The van der Waals surface area contributed by atoms with Crippen LogP contribution in [0, 0.1) is 0 Å². The maximum Gasteiger partial charge on any atom is 0.416 e. The molecule has 5 N–H and O–H groups in total. The molecule has 222 valence electrons. The third-order valence-corrected chi connectivity index (χ3v) is 6.60. The number of urea groups is 1. The summed E-state index contributed by atoms with van der Waals surface area (Å²) in [5.41, 5.74) is 3.86. The van der Waals surface area contributed by atoms with E-state index < -0.39 is 29.5 Å². The lowest BCUT2D eigenvalue weighted by atomic mass is 9.92. The van der Waals surface area contributed by atoms with Crippen molar-refractivity contribution in [2.75, 3.05) is 31.5 Å². The first kappa shape index (κ1) is 32.5. The van der Waals surface area contributed by atoms with E-state index in [0.29, 0.717) is 53.9 Å². The average molecular weight is 621 g/mol. The Balaban J connectivity index is 1.80. The fraction of sp³-hybridized carbons (Fsp3) is 0.321. The van der Waals surface area contributed by atoms with E-state index in [9.17, 15) is 31.1 Å². The fourth-order valence-corrected chi connectivity index (χ4v) is 4.63. The molecule has 0 spiro atoms. The topological polar surface area (TPSA) is 79.2 Å². The number of carbonyl (C=O) groups is 1. The number of benzene rings is 3. The summed E-state index contributed by atoms with van der Waals surface area (Å²) in [6.07, 6.45) is -8.53. The van der Waals surface area contributed by atoms with Crippen molar-refractivity contribution in [1.82, 2.24) is 10.6 Å². The average Bonchev–Trinajstić information content (AvgIpc) is 2.88. The van der Waals surface area contributed by atoms with Gasteiger partial charge in [-0.05, 0) is 85.6 Å². The van der Waals surface area contributed by atoms with Gasteiger partial charge in [-0.3, -0.25) is 0 Å². The Labute approximate surface area is 243 Å². The zero-order valence-electron chi connectivity index (χ0n) is 21.6. The summed E-state index contributed by atoms with van der Waals surface area (Å²) in [5, 5.41) is 9.37. The van der Waals surface area contributed by atoms with Crippen LogP contribution in [0.5, 0.6) is 0 Å². The Morgan fingerprint density at radius 1 is 0.805 bits per heavy atom. The normalized spacial score (nSPS) is 12.7. The van der Waals surface area contributed by atoms with E-state index in [2.05, 4.69) is 16.0 Å². The van der Waals surface area contributed by atoms with Crippen molar-refractivity contribution in [1.29, 1.82) is 0 Å². The van der Waals surface area contributed by atoms with E-state index >= 15 is 0 Å². The predicted molar refractivity (Wildman–Crippen MR) is 149 cm³/mol. The van der Waals surface area contributed by atoms with Crippen LogP contribution in [-0.4, -0.2) is 32.2 Å². The maximum atomic E-state index is 13.3. The van der Waals surface area contributed by atoms with Gasteiger partial charge in [0.2, 0.25) is 0 Å². The summed E-state index contributed by atoms with van der Waals surface area (Å²) >= 11 is 11.9. The Bertz CT molecular complexity index is 1260. The molecule has 0 heterocycles. The fourth-order valence-electron chi connectivity index (χ4n) is 4.10. The van der Waals surface area contributed by atoms with Crippen LogP contribution in [0.15, 0.2) is 60.7 Å². The molecule has 3 aromatic rings. The molecule has 0 radical (unpaired) electrons. The molecular formula is C28H28Cl2F6N4O. The van der Waals surface area contributed by atoms with Crippen LogP contribution in [0.4, 0.5) is 36.8 Å². The second-order valence-electron chi connectivity index (χ2n) is 9.29. The van der Waals surface area contributed by atoms with Gasteiger partial charge in [-0.15, -0.1) is 0 Å². The number of rotatable bonds is 11. The summed E-state index contributed by atoms with van der Waals surface area (Å²) in [4.78, 5) is 12.5. The second-order valence-corrected chi connectivity index (χ2v) is 10.2. The van der Waals surface area contributed by atoms with Crippen LogP contribution in [0.3, 0.4) is 0 Å². The number of anilines is 1. The molecule has 0 aromatic heterocycles. The lowest BCUT2D eigenvalue weighted by Crippen LogP contribution is -2.33. The van der Waals surface area contributed by atoms with Gasteiger partial charge >= 0.3 is 18.4 Å². The quantitative estimate of drug-likeness (QED) is 0.130. The molecule has 0 fully saturated rings. The zero-order chi connectivity index (χ0) is 30.2. The van der Waals surface area contributed by atoms with Gasteiger partial charge in [0.1, 0.15) is 0 Å². The van der Waals surface area contributed by atoms with Crippen LogP contribution in [0.1, 0.15) is 35.4 Å². The minimum Gasteiger partial charge on any atom is -0.337 e. The molecule has 41 heavy (non-hydrogen) atoms. The first-order valence-corrected chi connectivity index (χ1v) is 13.3. The van der Waals surface area contributed by atoms with Gasteiger partial charge in [-0.2, -0.15) is 26.3 Å². The molecule has 1 atom stereocenters. The summed E-state index contributed by atoms with van der Waals surface area (Å²) < 4.78 is 79.9. The van der Waals surface area contributed by atoms with Crippen molar-refractivity contribution < 1.29 is 31.1 Å². The standard InChI is InChI=1S/C28H28Cl2F6N4O/c29-23-13-24(30)15-25(14-23)40-26(41)39-16-19(6-9-38-8-1-7-37)17-2-4-18(5-3-17)20-10-21(27(31,32)33)12-22(11-20)28(34,35)36/h2-5,10-15,19,38H,1,6-9,16,37H2,(H2,39,40,41). The molecule has 0 aliphatic rings. The molecule has 5 nitrogen and oxygen atoms in total. The molecule has 0 aliphatic heterocycles. The Morgan fingerprint density at radius 2 is 1.39 bits per heavy atom. The zero-order valence-corrected chi connectivity index (χ0v) is 23.1. The Hall–Kier alpha value is -2.99. The smallest absolute Gasteiger partial charge is 0.337 e. The van der Waals surface area contributed by atoms with Crippen molar-refractivity contribution in [3.8, 4) is 11.1 Å². The highest BCUT2D eigenvalue weighted by Crippen LogP contribution is 2.39. The van der Waals surface area contributed by atoms with Crippen LogP contribution in [-0.2, 0) is 12.4 Å². The number of nitrogens with one attached hydrogen (secondary N) is 3. The predicted octanol–water partition coefficient (Wildman–Crippen LogP) is 7.93. The summed E-state index contributed by atoms with van der Waals surface area (Å²) in [6.45, 7) is 2.00. The van der Waals surface area contributed by atoms with Gasteiger partial charge in [0.15, 0.2) is 0 Å². The van der Waals surface area contributed by atoms with Crippen LogP contribution in [0.2, 0.25) is 10.0 Å². The first-order valence-electron chi connectivity index (χ1n) is 12.6. The monoisotopic (exact) mass is 620 g/mol. The van der Waals surface area contributed by atoms with E-state index in [4.69, 9.17) is 28.9 Å². The largest absolute Gasteiger partial charge is 0.416 e. The molecule has 0 bridgehead atoms. The number of hydrogen-bond donors (Lipinski definition) is 4. The van der Waals surface area contributed by atoms with Gasteiger partial charge in [-0.25, -0.2) is 4.79 Å². The number of hydrogen-bond acceptors (Lipinski definition) is 3. The molecule has 13 heteroatoms. The highest BCUT2D eigenvalue weighted by molar-refractivity contribution is 6.35. The minimum atomic E-state index is -4.94. The van der Waals surface area contributed by atoms with Gasteiger partial charge in [0.25, 0.3) is 0 Å². The van der Waals surface area contributed by atoms with Crippen molar-refractivity contribution in [3.05, 3.63) is 87.4 Å². The van der Waals surface area contributed by atoms with E-state index in [0.717, 1.165) is 12.0 Å². The number of nitrogens with two attached hydrogens (primary N) is 1. The molecule has 3 aromatic carbocycles. The minimum absolute atomic E-state index is 0.0969. The molecule has 1 unspecified atom stereocenters. The highest BCUT2D eigenvalue weighted by Gasteiger charge is 2.37. The highest BCUT2D eigenvalue weighted by atomic mass is 35.5. The van der Waals surface area contributed by atoms with Gasteiger partial charge < -0.3 is 21.7 Å². The first-order chi connectivity index (χ1) is 19.3. The molecular weight excluding hydrogens is 593 g/mol. The van der Waals surface area contributed by atoms with E-state index in [1.807, 2.05) is 0 Å². The number of alkyl halides is 6. The number of halogens is 8. The van der Waals surface area contributed by atoms with Crippen molar-refractivity contribution >= 4 is 34.9 Å². The SMILES string of the molecule is NCCCNCCC(CNC(=O)Nc1cc(Cl)cc(Cl)c1)c1ccc(-c2cc(C(F)(F)F)cc(C(F)(F)F)c2)cc1. The number of carbonyl (C=O) groups excluding carboxylic acids is 1. The van der Waals surface area contributed by atoms with E-state index in [1.54, 1.807) is 12.1 Å². The van der Waals surface area contributed by atoms with E-state index in [1.165, 1.54) is 30.3 Å². The second kappa shape index (κ2) is 14.3. The van der Waals surface area contributed by atoms with Crippen LogP contribution >= 0.6 is 23.2 Å². The summed E-state index contributed by atoms with van der Waals surface area (Å²) in [6, 6.07) is 11.7. The van der Waals surface area contributed by atoms with Crippen LogP contribution < -0.4 is 21.7 Å². The molecule has 0 aliphatic carbocycles. The number of amides is 2. The van der Waals surface area contributed by atoms with Crippen molar-refractivity contribution in [2.24, 2.45) is 5.73 Å². The molecule has 0 saturated carbocycles. The Kier molecular flexibility index (Phi) is 11.3. The molecule has 2 amide bonds. The Morgan fingerprint density at radius 3 is 1.93 bits per heavy atom. The lowest BCUT2D eigenvalue weighted by molar-refractivity contribution is -0.143. The summed E-state index contributed by atoms with van der Waals surface area (Å²) in [5.74, 6) is -0.227. The molecule has 0 saturated heterocycles. The van der Waals surface area contributed by atoms with Gasteiger partial charge in [-0.1, -0.05) is 47.5 Å². The third kappa shape index (κ3) is 10.1. The summed E-state index contributed by atoms with van der Waals surface area (Å²) in [7, 11) is 0. The molecule has 3 rings (SSSR count). The third-order valence-electron chi connectivity index (χ3n) is 6.16. The van der Waals surface area contributed by atoms with Gasteiger partial charge in [0.05, 0.1) is 11.1 Å². The van der Waals surface area contributed by atoms with Crippen LogP contribution in [0.25, 0.3) is 11.1 Å². The van der Waals surface area contributed by atoms with Crippen molar-refractivity contribution in [2.45, 2.75) is 31.1 Å². The van der Waals surface area contributed by atoms with Crippen molar-refractivity contribution in [3.63, 3.8) is 0 Å². The maximum absolute atomic E-state index is 13.3. The van der Waals surface area contributed by atoms with Gasteiger partial charge in [0, 0.05) is 28.2 Å².